The number of allylic oxidation sites excluding steroid dienone is 13. The van der Waals surface area contributed by atoms with Crippen molar-refractivity contribution in [2.75, 3.05) is 13.2 Å². The molecular formula is C66H114O6. The molecule has 0 spiro atoms. The summed E-state index contributed by atoms with van der Waals surface area (Å²) in [5.41, 5.74) is 0. The van der Waals surface area contributed by atoms with Crippen molar-refractivity contribution in [3.05, 3.63) is 85.1 Å². The third-order valence-corrected chi connectivity index (χ3v) is 13.2. The first-order chi connectivity index (χ1) is 35.5. The molecule has 72 heavy (non-hydrogen) atoms. The van der Waals surface area contributed by atoms with Crippen LogP contribution in [0.25, 0.3) is 0 Å². The first kappa shape index (κ1) is 68.6. The van der Waals surface area contributed by atoms with Crippen molar-refractivity contribution in [3.8, 4) is 0 Å². The van der Waals surface area contributed by atoms with Gasteiger partial charge in [0.15, 0.2) is 6.10 Å². The van der Waals surface area contributed by atoms with Crippen molar-refractivity contribution in [3.63, 3.8) is 0 Å². The molecule has 0 aliphatic rings. The zero-order chi connectivity index (χ0) is 52.2. The molecule has 0 N–H and O–H groups in total. The molecule has 0 aliphatic heterocycles. The predicted molar refractivity (Wildman–Crippen MR) is 311 cm³/mol. The number of hydrogen-bond acceptors (Lipinski definition) is 6. The second-order valence-electron chi connectivity index (χ2n) is 20.3. The Balaban J connectivity index is 4.40. The molecule has 0 aromatic rings. The van der Waals surface area contributed by atoms with Crippen LogP contribution in [0.5, 0.6) is 0 Å². The maximum absolute atomic E-state index is 12.9. The summed E-state index contributed by atoms with van der Waals surface area (Å²) in [5.74, 6) is -1.05. The van der Waals surface area contributed by atoms with Gasteiger partial charge in [-0.2, -0.15) is 0 Å². The van der Waals surface area contributed by atoms with Gasteiger partial charge in [-0.3, -0.25) is 14.4 Å². The van der Waals surface area contributed by atoms with E-state index in [0.29, 0.717) is 12.8 Å². The second kappa shape index (κ2) is 60.1. The molecule has 1 atom stereocenters. The van der Waals surface area contributed by atoms with Gasteiger partial charge in [-0.1, -0.05) is 286 Å². The zero-order valence-electron chi connectivity index (χ0n) is 47.4. The summed E-state index contributed by atoms with van der Waals surface area (Å²) in [7, 11) is 0. The topological polar surface area (TPSA) is 78.9 Å². The fraction of sp³-hybridized carbons (Fsp3) is 0.742. The van der Waals surface area contributed by atoms with Gasteiger partial charge in [0.25, 0.3) is 0 Å². The summed E-state index contributed by atoms with van der Waals surface area (Å²) in [6, 6.07) is 0. The van der Waals surface area contributed by atoms with Gasteiger partial charge in [-0.05, 0) is 77.0 Å². The molecule has 0 saturated carbocycles. The zero-order valence-corrected chi connectivity index (χ0v) is 47.4. The molecule has 0 aromatic heterocycles. The van der Waals surface area contributed by atoms with E-state index in [2.05, 4.69) is 93.7 Å². The van der Waals surface area contributed by atoms with Crippen molar-refractivity contribution in [1.29, 1.82) is 0 Å². The Morgan fingerprint density at radius 1 is 0.306 bits per heavy atom. The molecule has 0 aliphatic carbocycles. The van der Waals surface area contributed by atoms with Crippen LogP contribution in [-0.2, 0) is 28.6 Å². The Morgan fingerprint density at radius 3 is 0.986 bits per heavy atom. The lowest BCUT2D eigenvalue weighted by molar-refractivity contribution is -0.166. The van der Waals surface area contributed by atoms with E-state index in [1.165, 1.54) is 161 Å². The molecular weight excluding hydrogens is 889 g/mol. The molecule has 1 unspecified atom stereocenters. The molecule has 0 rings (SSSR count). The molecule has 414 valence electrons. The fourth-order valence-electron chi connectivity index (χ4n) is 8.61. The highest BCUT2D eigenvalue weighted by Gasteiger charge is 2.19. The standard InChI is InChI=1S/C66H114O6/c1-4-7-10-13-16-19-22-25-28-30-31-32-33-34-35-36-39-41-44-47-50-53-56-59-65(68)71-62-63(61-70-64(67)58-55-52-49-46-43-40-37-27-24-21-18-15-12-9-6-3)72-66(69)60-57-54-51-48-45-42-38-29-26-23-20-17-14-11-8-5-2/h9,12,18,20-21,23,27,29,37-38,43,46,52,55,63H,4-8,10-11,13-17,19,22,24-26,28,30-36,39-42,44-45,47-51,53-54,56-62H2,1-3H3/b12-9-,21-18-,23-20-,37-27-,38-29-,46-43-,55-52-. The van der Waals surface area contributed by atoms with Gasteiger partial charge in [0, 0.05) is 12.8 Å². The highest BCUT2D eigenvalue weighted by atomic mass is 16.6. The molecule has 6 nitrogen and oxygen atoms in total. The summed E-state index contributed by atoms with van der Waals surface area (Å²) in [5, 5.41) is 0. The summed E-state index contributed by atoms with van der Waals surface area (Å²) in [6.45, 7) is 6.44. The van der Waals surface area contributed by atoms with E-state index in [1.54, 1.807) is 6.08 Å². The van der Waals surface area contributed by atoms with Gasteiger partial charge >= 0.3 is 17.9 Å². The van der Waals surface area contributed by atoms with Crippen molar-refractivity contribution in [1.82, 2.24) is 0 Å². The van der Waals surface area contributed by atoms with E-state index in [4.69, 9.17) is 14.2 Å². The van der Waals surface area contributed by atoms with Crippen molar-refractivity contribution in [2.45, 2.75) is 303 Å². The lowest BCUT2D eigenvalue weighted by atomic mass is 10.0. The Hall–Kier alpha value is -3.41. The quantitative estimate of drug-likeness (QED) is 0.0261. The van der Waals surface area contributed by atoms with Crippen LogP contribution < -0.4 is 0 Å². The average molecular weight is 1000 g/mol. The number of rotatable bonds is 55. The first-order valence-corrected chi connectivity index (χ1v) is 30.6. The maximum Gasteiger partial charge on any atom is 0.309 e. The Labute approximate surface area is 445 Å². The average Bonchev–Trinajstić information content (AvgIpc) is 3.38. The first-order valence-electron chi connectivity index (χ1n) is 30.6. The van der Waals surface area contributed by atoms with Gasteiger partial charge in [0.1, 0.15) is 13.2 Å². The third-order valence-electron chi connectivity index (χ3n) is 13.2. The van der Waals surface area contributed by atoms with Gasteiger partial charge in [0.05, 0.1) is 6.42 Å². The van der Waals surface area contributed by atoms with E-state index >= 15 is 0 Å². The Kier molecular flexibility index (Phi) is 57.3. The number of carbonyl (C=O) groups excluding carboxylic acids is 3. The van der Waals surface area contributed by atoms with Crippen LogP contribution in [-0.4, -0.2) is 37.2 Å². The second-order valence-corrected chi connectivity index (χ2v) is 20.3. The van der Waals surface area contributed by atoms with Crippen molar-refractivity contribution >= 4 is 17.9 Å². The highest BCUT2D eigenvalue weighted by Crippen LogP contribution is 2.17. The maximum atomic E-state index is 12.9. The van der Waals surface area contributed by atoms with Crippen molar-refractivity contribution in [2.24, 2.45) is 0 Å². The van der Waals surface area contributed by atoms with Gasteiger partial charge in [-0.25, -0.2) is 0 Å². The molecule has 0 aromatic carbocycles. The summed E-state index contributed by atoms with van der Waals surface area (Å²) >= 11 is 0. The number of esters is 3. The number of hydrogen-bond donors (Lipinski definition) is 0. The normalized spacial score (nSPS) is 12.7. The lowest BCUT2D eigenvalue weighted by Gasteiger charge is -2.18. The van der Waals surface area contributed by atoms with Crippen LogP contribution in [0.15, 0.2) is 85.1 Å². The minimum Gasteiger partial charge on any atom is -0.462 e. The number of ether oxygens (including phenoxy) is 3. The lowest BCUT2D eigenvalue weighted by Crippen LogP contribution is -2.30. The summed E-state index contributed by atoms with van der Waals surface area (Å²) in [4.78, 5) is 38.2. The Bertz CT molecular complexity index is 1380. The number of unbranched alkanes of at least 4 members (excludes halogenated alkanes) is 31. The van der Waals surface area contributed by atoms with E-state index in [9.17, 15) is 14.4 Å². The van der Waals surface area contributed by atoms with Crippen LogP contribution in [0.1, 0.15) is 297 Å². The van der Waals surface area contributed by atoms with Crippen molar-refractivity contribution < 1.29 is 28.6 Å². The molecule has 0 fully saturated rings. The van der Waals surface area contributed by atoms with Gasteiger partial charge < -0.3 is 14.2 Å². The minimum atomic E-state index is -0.823. The minimum absolute atomic E-state index is 0.110. The molecule has 0 bridgehead atoms. The molecule has 0 amide bonds. The fourth-order valence-corrected chi connectivity index (χ4v) is 8.61. The van der Waals surface area contributed by atoms with Crippen LogP contribution in [0.4, 0.5) is 0 Å². The summed E-state index contributed by atoms with van der Waals surface area (Å²) < 4.78 is 16.8. The largest absolute Gasteiger partial charge is 0.462 e. The van der Waals surface area contributed by atoms with Gasteiger partial charge in [-0.15, -0.1) is 0 Å². The summed E-state index contributed by atoms with van der Waals surface area (Å²) in [6.07, 6.45) is 79.0. The highest BCUT2D eigenvalue weighted by molar-refractivity contribution is 5.72. The monoisotopic (exact) mass is 1000 g/mol. The van der Waals surface area contributed by atoms with E-state index in [0.717, 1.165) is 96.3 Å². The molecule has 0 saturated heterocycles. The van der Waals surface area contributed by atoms with Crippen LogP contribution in [0.3, 0.4) is 0 Å². The van der Waals surface area contributed by atoms with E-state index in [1.807, 2.05) is 6.08 Å². The smallest absolute Gasteiger partial charge is 0.309 e. The third kappa shape index (κ3) is 57.5. The number of carbonyl (C=O) groups is 3. The van der Waals surface area contributed by atoms with E-state index < -0.39 is 12.1 Å². The Morgan fingerprint density at radius 2 is 0.597 bits per heavy atom. The van der Waals surface area contributed by atoms with Crippen LogP contribution in [0.2, 0.25) is 0 Å². The SMILES string of the molecule is CC/C=C\C/C=C\C/C=C\C/C=C\C/C=C\CC(=O)OCC(COC(=O)CCCCCCCCCCCCCCCCCCCCCCCCC)OC(=O)CCCCCCC/C=C\C/C=C\CCCCCC. The van der Waals surface area contributed by atoms with Gasteiger partial charge in [0.2, 0.25) is 0 Å². The molecule has 0 heterocycles. The van der Waals surface area contributed by atoms with E-state index in [-0.39, 0.29) is 31.6 Å². The van der Waals surface area contributed by atoms with Crippen LogP contribution >= 0.6 is 0 Å². The predicted octanol–water partition coefficient (Wildman–Crippen LogP) is 20.7. The molecule has 0 radical (unpaired) electrons. The molecule has 6 heteroatoms. The van der Waals surface area contributed by atoms with Crippen LogP contribution in [0, 0.1) is 0 Å².